The average molecular weight is 287 g/mol. The zero-order valence-electron chi connectivity index (χ0n) is 13.6. The van der Waals surface area contributed by atoms with Gasteiger partial charge in [-0.05, 0) is 43.7 Å². The highest BCUT2D eigenvalue weighted by molar-refractivity contribution is 8.00. The van der Waals surface area contributed by atoms with Crippen molar-refractivity contribution < 1.29 is 0 Å². The lowest BCUT2D eigenvalue weighted by Crippen LogP contribution is -2.41. The van der Waals surface area contributed by atoms with Crippen LogP contribution in [-0.2, 0) is 0 Å². The quantitative estimate of drug-likeness (QED) is 0.809. The summed E-state index contributed by atoms with van der Waals surface area (Å²) in [6, 6.07) is 0. The Labute approximate surface area is 124 Å². The molecule has 0 spiro atoms. The highest BCUT2D eigenvalue weighted by Crippen LogP contribution is 2.32. The van der Waals surface area contributed by atoms with Crippen molar-refractivity contribution in [1.29, 1.82) is 0 Å². The SMILES string of the molecule is CC1CN(CCCC(CCN)C(C)(C)C)CC(C)S1. The van der Waals surface area contributed by atoms with Crippen molar-refractivity contribution in [1.82, 2.24) is 4.90 Å². The third-order valence-electron chi connectivity index (χ3n) is 4.26. The van der Waals surface area contributed by atoms with Crippen LogP contribution in [0.5, 0.6) is 0 Å². The van der Waals surface area contributed by atoms with Gasteiger partial charge in [-0.3, -0.25) is 0 Å². The van der Waals surface area contributed by atoms with E-state index in [9.17, 15) is 0 Å². The summed E-state index contributed by atoms with van der Waals surface area (Å²) >= 11 is 2.14. The minimum absolute atomic E-state index is 0.400. The molecule has 1 aliphatic rings. The molecule has 3 unspecified atom stereocenters. The van der Waals surface area contributed by atoms with Crippen LogP contribution < -0.4 is 5.73 Å². The van der Waals surface area contributed by atoms with Gasteiger partial charge < -0.3 is 10.6 Å². The van der Waals surface area contributed by atoms with Crippen molar-refractivity contribution in [2.45, 2.75) is 64.4 Å². The Hall–Kier alpha value is 0.270. The number of rotatable bonds is 6. The van der Waals surface area contributed by atoms with E-state index in [4.69, 9.17) is 5.73 Å². The Balaban J connectivity index is 2.31. The maximum absolute atomic E-state index is 5.76. The normalized spacial score (nSPS) is 27.5. The van der Waals surface area contributed by atoms with Crippen LogP contribution in [0.4, 0.5) is 0 Å². The highest BCUT2D eigenvalue weighted by atomic mass is 32.2. The van der Waals surface area contributed by atoms with Gasteiger partial charge in [0.2, 0.25) is 0 Å². The van der Waals surface area contributed by atoms with Crippen molar-refractivity contribution in [3.05, 3.63) is 0 Å². The number of hydrogen-bond acceptors (Lipinski definition) is 3. The predicted octanol–water partition coefficient (Wildman–Crippen LogP) is 3.60. The van der Waals surface area contributed by atoms with E-state index in [1.165, 1.54) is 38.9 Å². The van der Waals surface area contributed by atoms with Crippen molar-refractivity contribution in [2.75, 3.05) is 26.2 Å². The molecule has 1 fully saturated rings. The Bertz CT molecular complexity index is 240. The van der Waals surface area contributed by atoms with Gasteiger partial charge in [-0.25, -0.2) is 0 Å². The van der Waals surface area contributed by atoms with E-state index in [-0.39, 0.29) is 0 Å². The number of nitrogens with zero attached hydrogens (tertiary/aromatic N) is 1. The average Bonchev–Trinajstić information content (AvgIpc) is 2.25. The van der Waals surface area contributed by atoms with Gasteiger partial charge in [-0.1, -0.05) is 34.6 Å². The first kappa shape index (κ1) is 17.3. The topological polar surface area (TPSA) is 29.3 Å². The van der Waals surface area contributed by atoms with Gasteiger partial charge in [0.05, 0.1) is 0 Å². The molecule has 2 nitrogen and oxygen atoms in total. The van der Waals surface area contributed by atoms with Gasteiger partial charge in [-0.2, -0.15) is 11.8 Å². The summed E-state index contributed by atoms with van der Waals surface area (Å²) in [6.07, 6.45) is 3.82. The van der Waals surface area contributed by atoms with Crippen molar-refractivity contribution >= 4 is 11.8 Å². The summed E-state index contributed by atoms with van der Waals surface area (Å²) in [5.41, 5.74) is 6.16. The molecule has 0 aliphatic carbocycles. The van der Waals surface area contributed by atoms with Gasteiger partial charge in [0, 0.05) is 23.6 Å². The van der Waals surface area contributed by atoms with Crippen molar-refractivity contribution in [2.24, 2.45) is 17.1 Å². The van der Waals surface area contributed by atoms with E-state index in [1.54, 1.807) is 0 Å². The molecule has 0 aromatic rings. The van der Waals surface area contributed by atoms with Crippen LogP contribution in [0.15, 0.2) is 0 Å². The van der Waals surface area contributed by atoms with E-state index < -0.39 is 0 Å². The summed E-state index contributed by atoms with van der Waals surface area (Å²) < 4.78 is 0. The molecule has 0 bridgehead atoms. The third kappa shape index (κ3) is 6.50. The number of nitrogens with two attached hydrogens (primary N) is 1. The smallest absolute Gasteiger partial charge is 0.0149 e. The first-order valence-corrected chi connectivity index (χ1v) is 8.85. The summed E-state index contributed by atoms with van der Waals surface area (Å²) in [4.78, 5) is 2.66. The monoisotopic (exact) mass is 286 g/mol. The molecule has 1 saturated heterocycles. The van der Waals surface area contributed by atoms with E-state index in [0.29, 0.717) is 5.41 Å². The molecule has 1 rings (SSSR count). The van der Waals surface area contributed by atoms with Crippen LogP contribution >= 0.6 is 11.8 Å². The number of hydrogen-bond donors (Lipinski definition) is 1. The van der Waals surface area contributed by atoms with E-state index in [0.717, 1.165) is 23.0 Å². The summed E-state index contributed by atoms with van der Waals surface area (Å²) in [6.45, 7) is 16.4. The lowest BCUT2D eigenvalue weighted by molar-refractivity contribution is 0.192. The third-order valence-corrected chi connectivity index (χ3v) is 5.49. The van der Waals surface area contributed by atoms with Gasteiger partial charge >= 0.3 is 0 Å². The first-order chi connectivity index (χ1) is 8.82. The molecule has 0 amide bonds. The predicted molar refractivity (Wildman–Crippen MR) is 88.8 cm³/mol. The van der Waals surface area contributed by atoms with Crippen LogP contribution in [0.3, 0.4) is 0 Å². The molecule has 0 aromatic carbocycles. The van der Waals surface area contributed by atoms with Gasteiger partial charge in [0.1, 0.15) is 0 Å². The van der Waals surface area contributed by atoms with Crippen LogP contribution in [0.2, 0.25) is 0 Å². The molecular formula is C16H34N2S. The molecule has 1 heterocycles. The molecular weight excluding hydrogens is 252 g/mol. The fourth-order valence-electron chi connectivity index (χ4n) is 3.24. The second kappa shape index (κ2) is 7.90. The molecule has 19 heavy (non-hydrogen) atoms. The van der Waals surface area contributed by atoms with Crippen LogP contribution in [-0.4, -0.2) is 41.6 Å². The number of thioether (sulfide) groups is 1. The Morgan fingerprint density at radius 2 is 1.74 bits per heavy atom. The van der Waals surface area contributed by atoms with Gasteiger partial charge in [0.25, 0.3) is 0 Å². The largest absolute Gasteiger partial charge is 0.330 e. The zero-order chi connectivity index (χ0) is 14.5. The standard InChI is InChI=1S/C16H34N2S/c1-13-11-18(12-14(2)19-13)10-6-7-15(8-9-17)16(3,4)5/h13-15H,6-12,17H2,1-5H3. The minimum Gasteiger partial charge on any atom is -0.330 e. The van der Waals surface area contributed by atoms with Crippen LogP contribution in [0.1, 0.15) is 53.9 Å². The molecule has 3 heteroatoms. The van der Waals surface area contributed by atoms with Crippen molar-refractivity contribution in [3.63, 3.8) is 0 Å². The van der Waals surface area contributed by atoms with E-state index >= 15 is 0 Å². The Morgan fingerprint density at radius 1 is 1.16 bits per heavy atom. The molecule has 0 aromatic heterocycles. The molecule has 1 aliphatic heterocycles. The van der Waals surface area contributed by atoms with Crippen LogP contribution in [0.25, 0.3) is 0 Å². The maximum atomic E-state index is 5.76. The van der Waals surface area contributed by atoms with Gasteiger partial charge in [-0.15, -0.1) is 0 Å². The van der Waals surface area contributed by atoms with Crippen LogP contribution in [0, 0.1) is 11.3 Å². The van der Waals surface area contributed by atoms with E-state index in [2.05, 4.69) is 51.3 Å². The first-order valence-electron chi connectivity index (χ1n) is 7.90. The molecule has 2 N–H and O–H groups in total. The second-order valence-corrected chi connectivity index (χ2v) is 9.18. The molecule has 3 atom stereocenters. The second-order valence-electron chi connectivity index (χ2n) is 7.30. The lowest BCUT2D eigenvalue weighted by atomic mass is 9.76. The zero-order valence-corrected chi connectivity index (χ0v) is 14.4. The molecule has 114 valence electrons. The maximum Gasteiger partial charge on any atom is 0.0149 e. The Morgan fingerprint density at radius 3 is 2.21 bits per heavy atom. The lowest BCUT2D eigenvalue weighted by Gasteiger charge is -2.36. The molecule has 0 saturated carbocycles. The van der Waals surface area contributed by atoms with Gasteiger partial charge in [0.15, 0.2) is 0 Å². The summed E-state index contributed by atoms with van der Waals surface area (Å²) in [7, 11) is 0. The van der Waals surface area contributed by atoms with E-state index in [1.807, 2.05) is 0 Å². The van der Waals surface area contributed by atoms with Crippen molar-refractivity contribution in [3.8, 4) is 0 Å². The fourth-order valence-corrected chi connectivity index (χ4v) is 4.63. The Kier molecular flexibility index (Phi) is 7.20. The summed E-state index contributed by atoms with van der Waals surface area (Å²) in [5.74, 6) is 0.770. The highest BCUT2D eigenvalue weighted by Gasteiger charge is 2.25. The summed E-state index contributed by atoms with van der Waals surface area (Å²) in [5, 5.41) is 1.59. The fraction of sp³-hybridized carbons (Fsp3) is 1.00. The minimum atomic E-state index is 0.400. The molecule has 0 radical (unpaired) electrons.